The van der Waals surface area contributed by atoms with Crippen LogP contribution in [0, 0.1) is 0 Å². The molecule has 0 aliphatic rings. The zero-order valence-corrected chi connectivity index (χ0v) is 9.73. The van der Waals surface area contributed by atoms with E-state index in [4.69, 9.17) is 4.74 Å². The molecule has 2 rings (SSSR count). The number of ether oxygens (including phenoxy) is 1. The molecule has 82 valence electrons. The van der Waals surface area contributed by atoms with Crippen molar-refractivity contribution in [2.75, 3.05) is 7.11 Å². The van der Waals surface area contributed by atoms with Gasteiger partial charge < -0.3 is 4.74 Å². The third kappa shape index (κ3) is 2.08. The van der Waals surface area contributed by atoms with Crippen molar-refractivity contribution >= 4 is 0 Å². The minimum atomic E-state index is 0.950. The fourth-order valence-corrected chi connectivity index (χ4v) is 1.81. The number of hydrogen-bond acceptors (Lipinski definition) is 1. The van der Waals surface area contributed by atoms with Crippen molar-refractivity contribution in [2.24, 2.45) is 0 Å². The van der Waals surface area contributed by atoms with Crippen LogP contribution in [-0.2, 0) is 6.42 Å². The Morgan fingerprint density at radius 2 is 1.75 bits per heavy atom. The largest absolute Gasteiger partial charge is 0.496 e. The first kappa shape index (κ1) is 10.7. The molecule has 0 fully saturated rings. The minimum Gasteiger partial charge on any atom is -0.496 e. The fraction of sp³-hybridized carbons (Fsp3) is 0.200. The van der Waals surface area contributed by atoms with Crippen LogP contribution in [-0.4, -0.2) is 7.11 Å². The van der Waals surface area contributed by atoms with E-state index in [-0.39, 0.29) is 0 Å². The zero-order chi connectivity index (χ0) is 11.4. The van der Waals surface area contributed by atoms with Crippen molar-refractivity contribution in [2.45, 2.75) is 13.3 Å². The van der Waals surface area contributed by atoms with Crippen LogP contribution in [0.1, 0.15) is 12.5 Å². The Morgan fingerprint density at radius 1 is 1.00 bits per heavy atom. The first-order valence-electron chi connectivity index (χ1n) is 5.57. The molecule has 0 unspecified atom stereocenters. The summed E-state index contributed by atoms with van der Waals surface area (Å²) in [5, 5.41) is 0. The van der Waals surface area contributed by atoms with E-state index in [1.807, 2.05) is 18.2 Å². The van der Waals surface area contributed by atoms with Crippen LogP contribution in [0.5, 0.6) is 5.75 Å². The average molecular weight is 212 g/mol. The van der Waals surface area contributed by atoms with Crippen LogP contribution < -0.4 is 4.74 Å². The van der Waals surface area contributed by atoms with E-state index in [1.54, 1.807) is 7.11 Å². The van der Waals surface area contributed by atoms with Crippen LogP contribution in [0.25, 0.3) is 11.1 Å². The van der Waals surface area contributed by atoms with Gasteiger partial charge in [-0.3, -0.25) is 0 Å². The summed E-state index contributed by atoms with van der Waals surface area (Å²) in [7, 11) is 1.72. The van der Waals surface area contributed by atoms with E-state index in [0.29, 0.717) is 0 Å². The summed E-state index contributed by atoms with van der Waals surface area (Å²) >= 11 is 0. The first-order valence-corrected chi connectivity index (χ1v) is 5.57. The Bertz CT molecular complexity index is 460. The van der Waals surface area contributed by atoms with E-state index < -0.39 is 0 Å². The summed E-state index contributed by atoms with van der Waals surface area (Å²) in [6.07, 6.45) is 1.03. The van der Waals surface area contributed by atoms with E-state index in [9.17, 15) is 0 Å². The summed E-state index contributed by atoms with van der Waals surface area (Å²) in [6.45, 7) is 2.15. The van der Waals surface area contributed by atoms with Crippen molar-refractivity contribution in [3.63, 3.8) is 0 Å². The third-order valence-electron chi connectivity index (χ3n) is 2.76. The molecule has 0 atom stereocenters. The lowest BCUT2D eigenvalue weighted by atomic mass is 10.0. The normalized spacial score (nSPS) is 10.1. The molecule has 0 saturated carbocycles. The number of aryl methyl sites for hydroxylation is 1. The van der Waals surface area contributed by atoms with E-state index >= 15 is 0 Å². The SMILES string of the molecule is CCc1ccc(-c2ccccc2)c(OC)c1. The van der Waals surface area contributed by atoms with Crippen molar-refractivity contribution in [1.29, 1.82) is 0 Å². The minimum absolute atomic E-state index is 0.950. The van der Waals surface area contributed by atoms with E-state index in [0.717, 1.165) is 17.7 Å². The Morgan fingerprint density at radius 3 is 2.38 bits per heavy atom. The van der Waals surface area contributed by atoms with Gasteiger partial charge in [-0.15, -0.1) is 0 Å². The molecule has 0 saturated heterocycles. The van der Waals surface area contributed by atoms with Gasteiger partial charge in [-0.05, 0) is 23.6 Å². The van der Waals surface area contributed by atoms with Gasteiger partial charge in [0, 0.05) is 5.56 Å². The van der Waals surface area contributed by atoms with E-state index in [1.165, 1.54) is 11.1 Å². The Balaban J connectivity index is 2.49. The molecular formula is C15H16O. The second kappa shape index (κ2) is 4.84. The van der Waals surface area contributed by atoms with Gasteiger partial charge >= 0.3 is 0 Å². The van der Waals surface area contributed by atoms with Gasteiger partial charge in [-0.2, -0.15) is 0 Å². The molecule has 0 spiro atoms. The smallest absolute Gasteiger partial charge is 0.126 e. The summed E-state index contributed by atoms with van der Waals surface area (Å²) in [4.78, 5) is 0. The summed E-state index contributed by atoms with van der Waals surface area (Å²) < 4.78 is 5.44. The molecule has 0 radical (unpaired) electrons. The van der Waals surface area contributed by atoms with Crippen molar-refractivity contribution in [3.8, 4) is 16.9 Å². The van der Waals surface area contributed by atoms with Crippen LogP contribution in [0.3, 0.4) is 0 Å². The Hall–Kier alpha value is -1.76. The van der Waals surface area contributed by atoms with Gasteiger partial charge in [0.25, 0.3) is 0 Å². The molecule has 0 aliphatic heterocycles. The summed E-state index contributed by atoms with van der Waals surface area (Å²) in [5.41, 5.74) is 3.65. The van der Waals surface area contributed by atoms with Crippen LogP contribution in [0.4, 0.5) is 0 Å². The molecule has 0 bridgehead atoms. The van der Waals surface area contributed by atoms with Gasteiger partial charge in [-0.1, -0.05) is 49.4 Å². The molecule has 2 aromatic carbocycles. The van der Waals surface area contributed by atoms with Gasteiger partial charge in [0.1, 0.15) is 5.75 Å². The maximum absolute atomic E-state index is 5.44. The van der Waals surface area contributed by atoms with Gasteiger partial charge in [-0.25, -0.2) is 0 Å². The van der Waals surface area contributed by atoms with E-state index in [2.05, 4.69) is 37.3 Å². The highest BCUT2D eigenvalue weighted by molar-refractivity contribution is 5.70. The zero-order valence-electron chi connectivity index (χ0n) is 9.73. The van der Waals surface area contributed by atoms with Crippen LogP contribution in [0.2, 0.25) is 0 Å². The maximum Gasteiger partial charge on any atom is 0.126 e. The number of rotatable bonds is 3. The second-order valence-corrected chi connectivity index (χ2v) is 3.75. The maximum atomic E-state index is 5.44. The Labute approximate surface area is 96.7 Å². The number of hydrogen-bond donors (Lipinski definition) is 0. The molecular weight excluding hydrogens is 196 g/mol. The standard InChI is InChI=1S/C15H16O/c1-3-12-9-10-14(15(11-12)16-2)13-7-5-4-6-8-13/h4-11H,3H2,1-2H3. The molecule has 1 heteroatoms. The topological polar surface area (TPSA) is 9.23 Å². The molecule has 2 aromatic rings. The summed E-state index contributed by atoms with van der Waals surface area (Å²) in [5.74, 6) is 0.950. The predicted octanol–water partition coefficient (Wildman–Crippen LogP) is 3.92. The molecule has 16 heavy (non-hydrogen) atoms. The second-order valence-electron chi connectivity index (χ2n) is 3.75. The third-order valence-corrected chi connectivity index (χ3v) is 2.76. The fourth-order valence-electron chi connectivity index (χ4n) is 1.81. The predicted molar refractivity (Wildman–Crippen MR) is 67.8 cm³/mol. The van der Waals surface area contributed by atoms with Crippen molar-refractivity contribution < 1.29 is 4.74 Å². The monoisotopic (exact) mass is 212 g/mol. The number of benzene rings is 2. The molecule has 0 heterocycles. The van der Waals surface area contributed by atoms with Gasteiger partial charge in [0.2, 0.25) is 0 Å². The lowest BCUT2D eigenvalue weighted by Crippen LogP contribution is -1.90. The molecule has 0 N–H and O–H groups in total. The highest BCUT2D eigenvalue weighted by Crippen LogP contribution is 2.30. The Kier molecular flexibility index (Phi) is 3.25. The van der Waals surface area contributed by atoms with Crippen LogP contribution in [0.15, 0.2) is 48.5 Å². The van der Waals surface area contributed by atoms with Crippen LogP contribution >= 0.6 is 0 Å². The van der Waals surface area contributed by atoms with Crippen molar-refractivity contribution in [1.82, 2.24) is 0 Å². The van der Waals surface area contributed by atoms with Crippen molar-refractivity contribution in [3.05, 3.63) is 54.1 Å². The highest BCUT2D eigenvalue weighted by atomic mass is 16.5. The lowest BCUT2D eigenvalue weighted by Gasteiger charge is -2.10. The molecule has 0 amide bonds. The van der Waals surface area contributed by atoms with Gasteiger partial charge in [0.05, 0.1) is 7.11 Å². The quantitative estimate of drug-likeness (QED) is 0.749. The van der Waals surface area contributed by atoms with Gasteiger partial charge in [0.15, 0.2) is 0 Å². The molecule has 1 nitrogen and oxygen atoms in total. The average Bonchev–Trinajstić information content (AvgIpc) is 2.39. The number of methoxy groups -OCH3 is 1. The molecule has 0 aromatic heterocycles. The highest BCUT2D eigenvalue weighted by Gasteiger charge is 2.05. The lowest BCUT2D eigenvalue weighted by molar-refractivity contribution is 0.416. The first-order chi connectivity index (χ1) is 7.85. The summed E-state index contributed by atoms with van der Waals surface area (Å²) in [6, 6.07) is 16.7. The molecule has 0 aliphatic carbocycles.